The van der Waals surface area contributed by atoms with Gasteiger partial charge in [-0.25, -0.2) is 9.97 Å². The Balaban J connectivity index is 1.74. The second-order valence-corrected chi connectivity index (χ2v) is 9.49. The van der Waals surface area contributed by atoms with Crippen LogP contribution in [0.25, 0.3) is 10.9 Å². The molecular weight excluding hydrogens is 450 g/mol. The number of nitrogens with zero attached hydrogens (tertiary/aromatic N) is 7. The first-order valence-electron chi connectivity index (χ1n) is 12.4. The van der Waals surface area contributed by atoms with E-state index in [2.05, 4.69) is 35.2 Å². The van der Waals surface area contributed by atoms with E-state index in [4.69, 9.17) is 9.97 Å². The maximum absolute atomic E-state index is 14.0. The first kappa shape index (κ1) is 25.2. The fourth-order valence-electron chi connectivity index (χ4n) is 4.72. The van der Waals surface area contributed by atoms with Gasteiger partial charge in [-0.3, -0.25) is 9.36 Å². The summed E-state index contributed by atoms with van der Waals surface area (Å²) in [5.41, 5.74) is 2.26. The minimum atomic E-state index is -0.158. The summed E-state index contributed by atoms with van der Waals surface area (Å²) in [6.45, 7) is 12.4. The van der Waals surface area contributed by atoms with Crippen molar-refractivity contribution in [2.24, 2.45) is 5.92 Å². The quantitative estimate of drug-likeness (QED) is 0.466. The van der Waals surface area contributed by atoms with Crippen LogP contribution in [0.3, 0.4) is 0 Å². The molecule has 1 saturated heterocycles. The number of carbonyl (C=O) groups excluding carboxylic acids is 1. The van der Waals surface area contributed by atoms with E-state index in [-0.39, 0.29) is 12.5 Å². The molecule has 1 aliphatic heterocycles. The van der Waals surface area contributed by atoms with E-state index in [9.17, 15) is 4.79 Å². The predicted molar refractivity (Wildman–Crippen MR) is 145 cm³/mol. The molecule has 1 unspecified atom stereocenters. The standard InChI is InChI=1S/C28H35N7O/c1-7-9-17-35-25(26(32(5)8-2)31-28(35)34-16-12-13-20(3)18-34)27(36)33(6)19-24-29-21(4)22-14-10-11-15-23(22)30-24/h8,10-11,14-15,20H,2,12-13,16-19H2,1,3-6H3. The summed E-state index contributed by atoms with van der Waals surface area (Å²) in [7, 11) is 3.64. The molecule has 0 aliphatic carbocycles. The van der Waals surface area contributed by atoms with Crippen LogP contribution in [0, 0.1) is 24.7 Å². The van der Waals surface area contributed by atoms with Crippen LogP contribution in [0.15, 0.2) is 37.0 Å². The number of anilines is 2. The highest BCUT2D eigenvalue weighted by Gasteiger charge is 2.31. The Bertz CT molecular complexity index is 1330. The molecule has 0 saturated carbocycles. The van der Waals surface area contributed by atoms with Crippen molar-refractivity contribution < 1.29 is 4.79 Å². The van der Waals surface area contributed by atoms with Crippen LogP contribution in [-0.4, -0.2) is 57.5 Å². The van der Waals surface area contributed by atoms with Crippen LogP contribution < -0.4 is 9.80 Å². The van der Waals surface area contributed by atoms with Crippen molar-refractivity contribution in [1.29, 1.82) is 0 Å². The van der Waals surface area contributed by atoms with Crippen LogP contribution in [0.1, 0.15) is 48.7 Å². The summed E-state index contributed by atoms with van der Waals surface area (Å²) in [5, 5.41) is 1.02. The number of aromatic nitrogens is 4. The third kappa shape index (κ3) is 5.06. The molecule has 0 N–H and O–H groups in total. The van der Waals surface area contributed by atoms with Crippen molar-refractivity contribution in [3.8, 4) is 11.8 Å². The molecule has 1 atom stereocenters. The second kappa shape index (κ2) is 10.8. The molecule has 0 spiro atoms. The number of hydrogen-bond acceptors (Lipinski definition) is 6. The molecule has 8 nitrogen and oxygen atoms in total. The molecule has 1 aromatic carbocycles. The van der Waals surface area contributed by atoms with Gasteiger partial charge in [0.15, 0.2) is 11.5 Å². The Morgan fingerprint density at radius 1 is 1.25 bits per heavy atom. The third-order valence-corrected chi connectivity index (χ3v) is 6.66. The minimum Gasteiger partial charge on any atom is -0.342 e. The number of amides is 1. The molecule has 3 heterocycles. The number of piperidine rings is 1. The van der Waals surface area contributed by atoms with Crippen LogP contribution in [0.5, 0.6) is 0 Å². The van der Waals surface area contributed by atoms with Crippen molar-refractivity contribution in [2.45, 2.75) is 46.7 Å². The van der Waals surface area contributed by atoms with Crippen molar-refractivity contribution in [3.63, 3.8) is 0 Å². The van der Waals surface area contributed by atoms with Crippen LogP contribution in [0.4, 0.5) is 11.8 Å². The summed E-state index contributed by atoms with van der Waals surface area (Å²) < 4.78 is 1.95. The smallest absolute Gasteiger partial charge is 0.274 e. The second-order valence-electron chi connectivity index (χ2n) is 9.49. The van der Waals surface area contributed by atoms with Gasteiger partial charge in [0.1, 0.15) is 5.82 Å². The molecule has 1 amide bonds. The van der Waals surface area contributed by atoms with E-state index in [0.717, 1.165) is 42.1 Å². The lowest BCUT2D eigenvalue weighted by atomic mass is 10.0. The van der Waals surface area contributed by atoms with E-state index in [1.54, 1.807) is 23.0 Å². The Hall–Kier alpha value is -3.86. The number of para-hydroxylation sites is 1. The number of hydrogen-bond donors (Lipinski definition) is 0. The van der Waals surface area contributed by atoms with Crippen molar-refractivity contribution >= 4 is 28.6 Å². The molecule has 2 aromatic heterocycles. The van der Waals surface area contributed by atoms with Gasteiger partial charge in [0, 0.05) is 38.3 Å². The average molecular weight is 486 g/mol. The Morgan fingerprint density at radius 3 is 2.75 bits per heavy atom. The van der Waals surface area contributed by atoms with Crippen molar-refractivity contribution in [2.75, 3.05) is 37.0 Å². The number of imidazole rings is 1. The molecule has 8 heteroatoms. The highest BCUT2D eigenvalue weighted by Crippen LogP contribution is 2.30. The lowest BCUT2D eigenvalue weighted by Gasteiger charge is -2.32. The maximum atomic E-state index is 14.0. The van der Waals surface area contributed by atoms with Crippen LogP contribution >= 0.6 is 0 Å². The van der Waals surface area contributed by atoms with Gasteiger partial charge in [-0.1, -0.05) is 37.6 Å². The molecule has 3 aromatic rings. The topological polar surface area (TPSA) is 70.4 Å². The van der Waals surface area contributed by atoms with Gasteiger partial charge < -0.3 is 14.7 Å². The number of carbonyl (C=O) groups is 1. The molecule has 36 heavy (non-hydrogen) atoms. The average Bonchev–Trinajstić information content (AvgIpc) is 3.25. The SMILES string of the molecule is C=CN(C)c1nc(N2CCCC(C)C2)n(CC#CC)c1C(=O)N(C)Cc1nc(C)c2ccccc2n1. The normalized spacial score (nSPS) is 15.4. The number of benzene rings is 1. The van der Waals surface area contributed by atoms with Gasteiger partial charge >= 0.3 is 0 Å². The summed E-state index contributed by atoms with van der Waals surface area (Å²) >= 11 is 0. The van der Waals surface area contributed by atoms with E-state index in [1.807, 2.05) is 49.7 Å². The third-order valence-electron chi connectivity index (χ3n) is 6.66. The Labute approximate surface area is 213 Å². The van der Waals surface area contributed by atoms with Crippen molar-refractivity contribution in [3.05, 3.63) is 54.3 Å². The molecule has 188 valence electrons. The number of fused-ring (bicyclic) bond motifs is 1. The summed E-state index contributed by atoms with van der Waals surface area (Å²) in [5.74, 6) is 8.48. The van der Waals surface area contributed by atoms with Gasteiger partial charge in [-0.05, 0) is 44.9 Å². The molecule has 1 aliphatic rings. The highest BCUT2D eigenvalue weighted by atomic mass is 16.2. The molecule has 0 bridgehead atoms. The van der Waals surface area contributed by atoms with Gasteiger partial charge in [-0.2, -0.15) is 4.98 Å². The van der Waals surface area contributed by atoms with Gasteiger partial charge in [0.25, 0.3) is 5.91 Å². The van der Waals surface area contributed by atoms with E-state index in [1.165, 1.54) is 6.42 Å². The largest absolute Gasteiger partial charge is 0.342 e. The maximum Gasteiger partial charge on any atom is 0.274 e. The van der Waals surface area contributed by atoms with Crippen molar-refractivity contribution in [1.82, 2.24) is 24.4 Å². The van der Waals surface area contributed by atoms with Crippen LogP contribution in [-0.2, 0) is 13.1 Å². The van der Waals surface area contributed by atoms with Gasteiger partial charge in [0.05, 0.1) is 18.6 Å². The van der Waals surface area contributed by atoms with E-state index < -0.39 is 0 Å². The lowest BCUT2D eigenvalue weighted by Crippen LogP contribution is -2.37. The monoisotopic (exact) mass is 485 g/mol. The minimum absolute atomic E-state index is 0.158. The van der Waals surface area contributed by atoms with Gasteiger partial charge in [-0.15, -0.1) is 5.92 Å². The first-order chi connectivity index (χ1) is 17.3. The first-order valence-corrected chi connectivity index (χ1v) is 12.4. The summed E-state index contributed by atoms with van der Waals surface area (Å²) in [6.07, 6.45) is 3.97. The summed E-state index contributed by atoms with van der Waals surface area (Å²) in [4.78, 5) is 34.0. The van der Waals surface area contributed by atoms with Gasteiger partial charge in [0.2, 0.25) is 5.95 Å². The zero-order chi connectivity index (χ0) is 25.8. The Kier molecular flexibility index (Phi) is 7.58. The molecule has 4 rings (SSSR count). The van der Waals surface area contributed by atoms with E-state index >= 15 is 0 Å². The molecule has 1 fully saturated rings. The zero-order valence-electron chi connectivity index (χ0n) is 22.0. The predicted octanol–water partition coefficient (Wildman–Crippen LogP) is 4.25. The van der Waals surface area contributed by atoms with E-state index in [0.29, 0.717) is 29.8 Å². The number of rotatable bonds is 7. The fourth-order valence-corrected chi connectivity index (χ4v) is 4.72. The van der Waals surface area contributed by atoms with Crippen LogP contribution in [0.2, 0.25) is 0 Å². The molecule has 0 radical (unpaired) electrons. The number of aryl methyl sites for hydroxylation is 1. The summed E-state index contributed by atoms with van der Waals surface area (Å²) in [6, 6.07) is 7.92. The molecular formula is C28H35N7O. The highest BCUT2D eigenvalue weighted by molar-refractivity contribution is 5.98. The lowest BCUT2D eigenvalue weighted by molar-refractivity contribution is 0.0772. The zero-order valence-corrected chi connectivity index (χ0v) is 22.0. The fraction of sp³-hybridized carbons (Fsp3) is 0.429. The Morgan fingerprint density at radius 2 is 2.03 bits per heavy atom.